The zero-order valence-corrected chi connectivity index (χ0v) is 15.6. The summed E-state index contributed by atoms with van der Waals surface area (Å²) in [6.07, 6.45) is 5.25. The van der Waals surface area contributed by atoms with E-state index in [1.165, 1.54) is 21.5 Å². The Morgan fingerprint density at radius 2 is 1.86 bits per heavy atom. The van der Waals surface area contributed by atoms with Gasteiger partial charge in [0.1, 0.15) is 5.65 Å². The maximum Gasteiger partial charge on any atom is 0.376 e. The van der Waals surface area contributed by atoms with E-state index < -0.39 is 16.2 Å². The molecule has 0 atom stereocenters. The highest BCUT2D eigenvalue weighted by atomic mass is 16.6. The van der Waals surface area contributed by atoms with Gasteiger partial charge in [0.2, 0.25) is 5.82 Å². The summed E-state index contributed by atoms with van der Waals surface area (Å²) in [5.41, 5.74) is 1.71. The number of piperidine rings is 1. The molecule has 0 radical (unpaired) electrons. The molecule has 8 heteroatoms. The van der Waals surface area contributed by atoms with Gasteiger partial charge in [-0.3, -0.25) is 19.3 Å². The maximum absolute atomic E-state index is 12.7. The number of nitrogens with zero attached hydrogens (tertiary/aromatic N) is 4. The number of anilines is 1. The average molecular weight is 389 g/mol. The van der Waals surface area contributed by atoms with Crippen LogP contribution in [0.2, 0.25) is 0 Å². The largest absolute Gasteiger partial charge is 0.376 e. The van der Waals surface area contributed by atoms with Crippen molar-refractivity contribution in [3.8, 4) is 0 Å². The third-order valence-electron chi connectivity index (χ3n) is 5.73. The van der Waals surface area contributed by atoms with Gasteiger partial charge in [0, 0.05) is 36.4 Å². The van der Waals surface area contributed by atoms with E-state index in [1.807, 2.05) is 17.0 Å². The molecule has 1 aromatic carbocycles. The Kier molecular flexibility index (Phi) is 4.04. The lowest BCUT2D eigenvalue weighted by Crippen LogP contribution is -2.35. The average Bonchev–Trinajstić information content (AvgIpc) is 3.18. The summed E-state index contributed by atoms with van der Waals surface area (Å²) < 4.78 is 1.22. The van der Waals surface area contributed by atoms with E-state index >= 15 is 0 Å². The van der Waals surface area contributed by atoms with E-state index in [0.29, 0.717) is 24.7 Å². The van der Waals surface area contributed by atoms with Crippen molar-refractivity contribution in [3.63, 3.8) is 0 Å². The fourth-order valence-electron chi connectivity index (χ4n) is 4.28. The van der Waals surface area contributed by atoms with Crippen molar-refractivity contribution < 1.29 is 4.92 Å². The highest BCUT2D eigenvalue weighted by Gasteiger charge is 2.31. The summed E-state index contributed by atoms with van der Waals surface area (Å²) in [7, 11) is 0. The molecule has 8 nitrogen and oxygen atoms in total. The zero-order valence-electron chi connectivity index (χ0n) is 15.6. The molecule has 1 aliphatic rings. The number of aromatic nitrogens is 3. The summed E-state index contributed by atoms with van der Waals surface area (Å²) in [5, 5.41) is 12.9. The van der Waals surface area contributed by atoms with Crippen LogP contribution in [0.3, 0.4) is 0 Å². The first-order valence-corrected chi connectivity index (χ1v) is 9.60. The summed E-state index contributed by atoms with van der Waals surface area (Å²) in [6, 6.07) is 13.3. The van der Waals surface area contributed by atoms with E-state index in [4.69, 9.17) is 0 Å². The number of fused-ring (bicyclic) bond motifs is 2. The second kappa shape index (κ2) is 6.73. The quantitative estimate of drug-likeness (QED) is 0.427. The van der Waals surface area contributed by atoms with Gasteiger partial charge < -0.3 is 9.88 Å². The van der Waals surface area contributed by atoms with Crippen LogP contribution < -0.4 is 10.5 Å². The Morgan fingerprint density at radius 3 is 2.66 bits per heavy atom. The number of aromatic amines is 1. The van der Waals surface area contributed by atoms with Gasteiger partial charge in [-0.25, -0.2) is 4.98 Å². The van der Waals surface area contributed by atoms with E-state index in [1.54, 1.807) is 18.2 Å². The molecule has 0 unspecified atom stereocenters. The molecular formula is C21H19N5O3. The van der Waals surface area contributed by atoms with Crippen LogP contribution >= 0.6 is 0 Å². The minimum absolute atomic E-state index is 0.170. The summed E-state index contributed by atoms with van der Waals surface area (Å²) in [4.78, 5) is 33.4. The lowest BCUT2D eigenvalue weighted by atomic mass is 9.89. The van der Waals surface area contributed by atoms with Crippen molar-refractivity contribution in [3.05, 3.63) is 80.9 Å². The smallest absolute Gasteiger partial charge is 0.361 e. The number of hydrogen-bond donors (Lipinski definition) is 1. The molecule has 1 N–H and O–H groups in total. The van der Waals surface area contributed by atoms with Crippen molar-refractivity contribution in [2.75, 3.05) is 18.0 Å². The van der Waals surface area contributed by atoms with E-state index in [0.717, 1.165) is 18.4 Å². The van der Waals surface area contributed by atoms with Gasteiger partial charge in [0.15, 0.2) is 0 Å². The number of pyridine rings is 1. The van der Waals surface area contributed by atoms with E-state index in [2.05, 4.69) is 28.3 Å². The molecule has 4 aromatic rings. The molecule has 4 heterocycles. The monoisotopic (exact) mass is 389 g/mol. The Bertz CT molecular complexity index is 1280. The number of hydrogen-bond acceptors (Lipinski definition) is 5. The van der Waals surface area contributed by atoms with Crippen LogP contribution in [-0.4, -0.2) is 32.4 Å². The second-order valence-corrected chi connectivity index (χ2v) is 7.33. The van der Waals surface area contributed by atoms with Gasteiger partial charge in [-0.2, -0.15) is 0 Å². The molecule has 1 aliphatic heterocycles. The number of benzene rings is 1. The molecule has 0 amide bonds. The van der Waals surface area contributed by atoms with Gasteiger partial charge in [0.05, 0.1) is 4.92 Å². The molecule has 29 heavy (non-hydrogen) atoms. The standard InChI is InChI=1S/C21H19N5O3/c27-21-19(26(28)29)20(23-18-7-3-4-10-25(18)21)24-11-8-14(9-12-24)16-13-22-17-6-2-1-5-15(16)17/h1-7,10,13-14,22H,8-9,11-12H2. The first-order chi connectivity index (χ1) is 14.1. The van der Waals surface area contributed by atoms with Gasteiger partial charge in [-0.1, -0.05) is 24.3 Å². The lowest BCUT2D eigenvalue weighted by molar-refractivity contribution is -0.385. The number of nitrogens with one attached hydrogen (secondary N) is 1. The second-order valence-electron chi connectivity index (χ2n) is 7.33. The van der Waals surface area contributed by atoms with Gasteiger partial charge in [0.25, 0.3) is 0 Å². The number of rotatable bonds is 3. The van der Waals surface area contributed by atoms with Gasteiger partial charge >= 0.3 is 11.2 Å². The Morgan fingerprint density at radius 1 is 1.10 bits per heavy atom. The maximum atomic E-state index is 12.7. The first kappa shape index (κ1) is 17.4. The van der Waals surface area contributed by atoms with Gasteiger partial charge in [-0.15, -0.1) is 0 Å². The van der Waals surface area contributed by atoms with Crippen molar-refractivity contribution in [1.82, 2.24) is 14.4 Å². The van der Waals surface area contributed by atoms with Crippen molar-refractivity contribution in [1.29, 1.82) is 0 Å². The predicted octanol–water partition coefficient (Wildman–Crippen LogP) is 3.47. The van der Waals surface area contributed by atoms with Gasteiger partial charge in [-0.05, 0) is 42.5 Å². The number of para-hydroxylation sites is 1. The van der Waals surface area contributed by atoms with Crippen LogP contribution in [0.4, 0.5) is 11.5 Å². The minimum Gasteiger partial charge on any atom is -0.361 e. The van der Waals surface area contributed by atoms with Crippen molar-refractivity contribution in [2.45, 2.75) is 18.8 Å². The molecule has 0 saturated carbocycles. The summed E-state index contributed by atoms with van der Waals surface area (Å²) >= 11 is 0. The molecule has 1 fully saturated rings. The van der Waals surface area contributed by atoms with Crippen molar-refractivity contribution >= 4 is 28.1 Å². The molecule has 1 saturated heterocycles. The Balaban J connectivity index is 1.48. The molecule has 3 aromatic heterocycles. The predicted molar refractivity (Wildman–Crippen MR) is 111 cm³/mol. The van der Waals surface area contributed by atoms with Crippen LogP contribution in [-0.2, 0) is 0 Å². The Labute approximate surface area is 165 Å². The van der Waals surface area contributed by atoms with E-state index in [9.17, 15) is 14.9 Å². The molecule has 0 aliphatic carbocycles. The molecule has 5 rings (SSSR count). The number of H-pyrrole nitrogens is 1. The minimum atomic E-state index is -0.644. The Hall–Kier alpha value is -3.68. The van der Waals surface area contributed by atoms with Crippen LogP contribution in [0.5, 0.6) is 0 Å². The van der Waals surface area contributed by atoms with Crippen LogP contribution in [0.1, 0.15) is 24.3 Å². The fourth-order valence-corrected chi connectivity index (χ4v) is 4.28. The molecule has 0 bridgehead atoms. The first-order valence-electron chi connectivity index (χ1n) is 9.60. The topological polar surface area (TPSA) is 96.5 Å². The van der Waals surface area contributed by atoms with Crippen LogP contribution in [0.25, 0.3) is 16.6 Å². The highest BCUT2D eigenvalue weighted by Crippen LogP contribution is 2.35. The summed E-state index contributed by atoms with van der Waals surface area (Å²) in [5.74, 6) is 0.534. The lowest BCUT2D eigenvalue weighted by Gasteiger charge is -2.32. The molecular weight excluding hydrogens is 370 g/mol. The third kappa shape index (κ3) is 2.84. The van der Waals surface area contributed by atoms with Crippen molar-refractivity contribution in [2.24, 2.45) is 0 Å². The molecule has 146 valence electrons. The SMILES string of the molecule is O=c1c([N+](=O)[O-])c(N2CCC(c3c[nH]c4ccccc34)CC2)nc2ccccn12. The summed E-state index contributed by atoms with van der Waals surface area (Å²) in [6.45, 7) is 1.22. The molecule has 0 spiro atoms. The number of nitro groups is 1. The van der Waals surface area contributed by atoms with E-state index in [-0.39, 0.29) is 5.82 Å². The normalized spacial score (nSPS) is 15.2. The third-order valence-corrected chi connectivity index (χ3v) is 5.73. The highest BCUT2D eigenvalue weighted by molar-refractivity contribution is 5.83. The van der Waals surface area contributed by atoms with Crippen LogP contribution in [0.15, 0.2) is 59.7 Å². The zero-order chi connectivity index (χ0) is 20.0. The fraction of sp³-hybridized carbons (Fsp3) is 0.238. The van der Waals surface area contributed by atoms with Crippen LogP contribution in [0, 0.1) is 10.1 Å².